The lowest BCUT2D eigenvalue weighted by atomic mass is 9.91. The van der Waals surface area contributed by atoms with E-state index in [1.54, 1.807) is 24.3 Å². The molecule has 4 nitrogen and oxygen atoms in total. The molecule has 6 heteroatoms. The molecule has 0 heterocycles. The molecule has 0 fully saturated rings. The van der Waals surface area contributed by atoms with E-state index in [9.17, 15) is 4.79 Å². The monoisotopic (exact) mass is 366 g/mol. The van der Waals surface area contributed by atoms with Gasteiger partial charge in [-0.05, 0) is 23.8 Å². The van der Waals surface area contributed by atoms with E-state index in [0.29, 0.717) is 32.9 Å². The summed E-state index contributed by atoms with van der Waals surface area (Å²) in [6.07, 6.45) is 0.269. The number of ether oxygens (including phenoxy) is 3. The van der Waals surface area contributed by atoms with E-state index in [-0.39, 0.29) is 18.1 Å². The van der Waals surface area contributed by atoms with Crippen LogP contribution in [-0.4, -0.2) is 27.1 Å². The molecule has 126 valence electrons. The lowest BCUT2D eigenvalue weighted by Gasteiger charge is -2.20. The molecule has 0 saturated carbocycles. The second-order valence-corrected chi connectivity index (χ2v) is 6.24. The zero-order chi connectivity index (χ0) is 17.4. The Hall–Kier alpha value is -1.91. The van der Waals surface area contributed by atoms with Gasteiger partial charge in [0.15, 0.2) is 17.3 Å². The van der Waals surface area contributed by atoms with Crippen molar-refractivity contribution in [3.8, 4) is 17.2 Å². The van der Waals surface area contributed by atoms with Crippen LogP contribution in [0.25, 0.3) is 0 Å². The maximum Gasteiger partial charge on any atom is 0.203 e. The average Bonchev–Trinajstić information content (AvgIpc) is 2.89. The number of halogens is 2. The molecule has 1 aliphatic rings. The maximum absolute atomic E-state index is 12.6. The minimum absolute atomic E-state index is 0.00904. The number of carbonyl (C=O) groups excluding carboxylic acids is 1. The van der Waals surface area contributed by atoms with Gasteiger partial charge in [0, 0.05) is 33.5 Å². The lowest BCUT2D eigenvalue weighted by molar-refractivity contribution is 0.0991. The van der Waals surface area contributed by atoms with Crippen LogP contribution in [0.1, 0.15) is 33.8 Å². The zero-order valence-electron chi connectivity index (χ0n) is 13.5. The molecule has 3 rings (SSSR count). The molecule has 0 spiro atoms. The lowest BCUT2D eigenvalue weighted by Crippen LogP contribution is -2.04. The van der Waals surface area contributed by atoms with E-state index < -0.39 is 0 Å². The molecule has 0 aromatic heterocycles. The van der Waals surface area contributed by atoms with Crippen molar-refractivity contribution < 1.29 is 19.0 Å². The number of methoxy groups -OCH3 is 3. The first-order valence-corrected chi connectivity index (χ1v) is 8.09. The van der Waals surface area contributed by atoms with Gasteiger partial charge in [-0.1, -0.05) is 29.3 Å². The van der Waals surface area contributed by atoms with Crippen molar-refractivity contribution in [3.05, 3.63) is 51.0 Å². The smallest absolute Gasteiger partial charge is 0.203 e. The number of fused-ring (bicyclic) bond motifs is 1. The number of benzene rings is 2. The van der Waals surface area contributed by atoms with E-state index in [2.05, 4.69) is 0 Å². The fraction of sp³-hybridized carbons (Fsp3) is 0.278. The molecule has 0 saturated heterocycles. The van der Waals surface area contributed by atoms with Gasteiger partial charge in [0.25, 0.3) is 0 Å². The highest BCUT2D eigenvalue weighted by Crippen LogP contribution is 2.53. The number of hydrogen-bond acceptors (Lipinski definition) is 4. The predicted octanol–water partition coefficient (Wildman–Crippen LogP) is 4.74. The molecule has 0 N–H and O–H groups in total. The first-order chi connectivity index (χ1) is 11.5. The number of ketones is 1. The van der Waals surface area contributed by atoms with Gasteiger partial charge < -0.3 is 14.2 Å². The van der Waals surface area contributed by atoms with Crippen molar-refractivity contribution in [2.75, 3.05) is 21.3 Å². The third kappa shape index (κ3) is 2.50. The molecule has 2 aromatic rings. The van der Waals surface area contributed by atoms with Crippen molar-refractivity contribution in [2.24, 2.45) is 0 Å². The van der Waals surface area contributed by atoms with Crippen molar-refractivity contribution in [3.63, 3.8) is 0 Å². The number of hydrogen-bond donors (Lipinski definition) is 0. The van der Waals surface area contributed by atoms with E-state index >= 15 is 0 Å². The summed E-state index contributed by atoms with van der Waals surface area (Å²) < 4.78 is 16.3. The molecular weight excluding hydrogens is 351 g/mol. The average molecular weight is 367 g/mol. The topological polar surface area (TPSA) is 44.8 Å². The van der Waals surface area contributed by atoms with Gasteiger partial charge in [-0.15, -0.1) is 0 Å². The van der Waals surface area contributed by atoms with Crippen molar-refractivity contribution in [2.45, 2.75) is 12.3 Å². The van der Waals surface area contributed by atoms with Crippen LogP contribution in [0, 0.1) is 0 Å². The SMILES string of the molecule is COc1cc2c(c(OC)c1OC)C(c1c(Cl)cccc1Cl)CC2=O. The highest BCUT2D eigenvalue weighted by molar-refractivity contribution is 6.36. The quantitative estimate of drug-likeness (QED) is 0.783. The molecular formula is C18H16Cl2O4. The van der Waals surface area contributed by atoms with Crippen molar-refractivity contribution in [1.82, 2.24) is 0 Å². The molecule has 0 bridgehead atoms. The van der Waals surface area contributed by atoms with Gasteiger partial charge in [0.2, 0.25) is 5.75 Å². The Morgan fingerprint density at radius 1 is 0.958 bits per heavy atom. The molecule has 2 aromatic carbocycles. The Balaban J connectivity index is 2.30. The zero-order valence-corrected chi connectivity index (χ0v) is 15.0. The molecule has 0 amide bonds. The Labute approximate surface area is 150 Å². The van der Waals surface area contributed by atoms with Crippen LogP contribution >= 0.6 is 23.2 Å². The highest BCUT2D eigenvalue weighted by atomic mass is 35.5. The summed E-state index contributed by atoms with van der Waals surface area (Å²) in [6.45, 7) is 0. The van der Waals surface area contributed by atoms with Crippen LogP contribution in [0.5, 0.6) is 17.2 Å². The highest BCUT2D eigenvalue weighted by Gasteiger charge is 2.38. The van der Waals surface area contributed by atoms with Gasteiger partial charge >= 0.3 is 0 Å². The number of rotatable bonds is 4. The molecule has 1 unspecified atom stereocenters. The standard InChI is InChI=1S/C18H16Cl2O4/c1-22-14-8-9-13(21)7-10(15(9)18(24-3)17(14)23-2)16-11(19)5-4-6-12(16)20/h4-6,8,10H,7H2,1-3H3. The molecule has 1 aliphatic carbocycles. The molecule has 1 atom stereocenters. The van der Waals surface area contributed by atoms with E-state index in [1.165, 1.54) is 21.3 Å². The molecule has 0 radical (unpaired) electrons. The fourth-order valence-electron chi connectivity index (χ4n) is 3.24. The Kier molecular flexibility index (Phi) is 4.61. The molecule has 24 heavy (non-hydrogen) atoms. The second-order valence-electron chi connectivity index (χ2n) is 5.42. The van der Waals surface area contributed by atoms with Crippen molar-refractivity contribution >= 4 is 29.0 Å². The predicted molar refractivity (Wildman–Crippen MR) is 93.4 cm³/mol. The van der Waals surface area contributed by atoms with E-state index in [0.717, 1.165) is 11.1 Å². The fourth-order valence-corrected chi connectivity index (χ4v) is 3.90. The van der Waals surface area contributed by atoms with Gasteiger partial charge in [-0.25, -0.2) is 0 Å². The first-order valence-electron chi connectivity index (χ1n) is 7.33. The summed E-state index contributed by atoms with van der Waals surface area (Å²) in [6, 6.07) is 6.98. The molecule has 0 aliphatic heterocycles. The third-order valence-electron chi connectivity index (χ3n) is 4.25. The van der Waals surface area contributed by atoms with Gasteiger partial charge in [0.05, 0.1) is 21.3 Å². The third-order valence-corrected chi connectivity index (χ3v) is 4.91. The van der Waals surface area contributed by atoms with Crippen LogP contribution in [-0.2, 0) is 0 Å². The van der Waals surface area contributed by atoms with Gasteiger partial charge in [-0.2, -0.15) is 0 Å². The first kappa shape index (κ1) is 16.9. The van der Waals surface area contributed by atoms with Gasteiger partial charge in [0.1, 0.15) is 0 Å². The number of Topliss-reactive ketones (excluding diaryl/α,β-unsaturated/α-hetero) is 1. The normalized spacial score (nSPS) is 16.0. The Morgan fingerprint density at radius 3 is 2.12 bits per heavy atom. The van der Waals surface area contributed by atoms with Crippen LogP contribution in [0.2, 0.25) is 10.0 Å². The van der Waals surface area contributed by atoms with Gasteiger partial charge in [-0.3, -0.25) is 4.79 Å². The summed E-state index contributed by atoms with van der Waals surface area (Å²) in [5.41, 5.74) is 2.00. The van der Waals surface area contributed by atoms with E-state index in [1.807, 2.05) is 0 Å². The van der Waals surface area contributed by atoms with Crippen LogP contribution < -0.4 is 14.2 Å². The van der Waals surface area contributed by atoms with Crippen LogP contribution in [0.15, 0.2) is 24.3 Å². The minimum Gasteiger partial charge on any atom is -0.493 e. The second kappa shape index (κ2) is 6.54. The van der Waals surface area contributed by atoms with Crippen molar-refractivity contribution in [1.29, 1.82) is 0 Å². The Morgan fingerprint density at radius 2 is 1.58 bits per heavy atom. The Bertz CT molecular complexity index is 797. The summed E-state index contributed by atoms with van der Waals surface area (Å²) in [7, 11) is 4.58. The minimum atomic E-state index is -0.288. The summed E-state index contributed by atoms with van der Waals surface area (Å²) in [4.78, 5) is 12.6. The van der Waals surface area contributed by atoms with Crippen LogP contribution in [0.4, 0.5) is 0 Å². The summed E-state index contributed by atoms with van der Waals surface area (Å²) in [5.74, 6) is 1.07. The number of carbonyl (C=O) groups is 1. The largest absolute Gasteiger partial charge is 0.493 e. The van der Waals surface area contributed by atoms with Crippen LogP contribution in [0.3, 0.4) is 0 Å². The van der Waals surface area contributed by atoms with E-state index in [4.69, 9.17) is 37.4 Å². The summed E-state index contributed by atoms with van der Waals surface area (Å²) >= 11 is 12.7. The summed E-state index contributed by atoms with van der Waals surface area (Å²) in [5, 5.41) is 1.04. The maximum atomic E-state index is 12.6.